The fourth-order valence-electron chi connectivity index (χ4n) is 0.876. The molecule has 0 fully saturated rings. The van der Waals surface area contributed by atoms with Crippen molar-refractivity contribution in [2.45, 2.75) is 40.9 Å². The van der Waals surface area contributed by atoms with Gasteiger partial charge in [0.2, 0.25) is 0 Å². The molecule has 0 aromatic rings. The normalized spacial score (nSPS) is 11.9. The maximum atomic E-state index is 11.4. The minimum atomic E-state index is -0.483. The van der Waals surface area contributed by atoms with Gasteiger partial charge in [0.1, 0.15) is 6.61 Å². The van der Waals surface area contributed by atoms with Crippen molar-refractivity contribution < 1.29 is 19.0 Å². The maximum Gasteiger partial charge on any atom is 0.311 e. The maximum absolute atomic E-state index is 11.4. The van der Waals surface area contributed by atoms with Crippen LogP contribution in [0, 0.1) is 5.41 Å². The first-order chi connectivity index (χ1) is 6.91. The first kappa shape index (κ1) is 14.4. The van der Waals surface area contributed by atoms with Crippen LogP contribution < -0.4 is 0 Å². The lowest BCUT2D eigenvalue weighted by atomic mass is 9.97. The monoisotopic (exact) mass is 218 g/mol. The molecule has 0 aromatic heterocycles. The lowest BCUT2D eigenvalue weighted by Gasteiger charge is -2.20. The van der Waals surface area contributed by atoms with Gasteiger partial charge in [-0.1, -0.05) is 0 Å². The van der Waals surface area contributed by atoms with Gasteiger partial charge < -0.3 is 14.2 Å². The average Bonchev–Trinajstić information content (AvgIpc) is 2.12. The summed E-state index contributed by atoms with van der Waals surface area (Å²) < 4.78 is 15.6. The largest absolute Gasteiger partial charge is 0.460 e. The predicted octanol–water partition coefficient (Wildman–Crippen LogP) is 1.97. The molecular formula is C11H22O4. The van der Waals surface area contributed by atoms with Crippen LogP contribution in [0.3, 0.4) is 0 Å². The first-order valence-electron chi connectivity index (χ1n) is 5.32. The predicted molar refractivity (Wildman–Crippen MR) is 57.5 cm³/mol. The van der Waals surface area contributed by atoms with Crippen molar-refractivity contribution in [1.29, 1.82) is 0 Å². The zero-order chi connectivity index (χ0) is 11.9. The van der Waals surface area contributed by atoms with Crippen molar-refractivity contribution in [1.82, 2.24) is 0 Å². The van der Waals surface area contributed by atoms with E-state index in [1.807, 2.05) is 34.6 Å². The molecule has 0 aliphatic heterocycles. The Morgan fingerprint density at radius 3 is 1.93 bits per heavy atom. The summed E-state index contributed by atoms with van der Waals surface area (Å²) >= 11 is 0. The zero-order valence-electron chi connectivity index (χ0n) is 10.3. The minimum Gasteiger partial charge on any atom is -0.460 e. The van der Waals surface area contributed by atoms with Gasteiger partial charge in [-0.3, -0.25) is 4.79 Å². The van der Waals surface area contributed by atoms with Crippen molar-refractivity contribution in [2.24, 2.45) is 5.41 Å². The molecule has 0 aliphatic carbocycles. The third-order valence-electron chi connectivity index (χ3n) is 1.67. The van der Waals surface area contributed by atoms with Gasteiger partial charge in [-0.15, -0.1) is 0 Å². The summed E-state index contributed by atoms with van der Waals surface area (Å²) in [5.41, 5.74) is -0.483. The molecule has 0 amide bonds. The molecule has 0 aromatic carbocycles. The molecule has 0 N–H and O–H groups in total. The van der Waals surface area contributed by atoms with E-state index in [-0.39, 0.29) is 12.6 Å². The Kier molecular flexibility index (Phi) is 6.52. The molecule has 0 bridgehead atoms. The lowest BCUT2D eigenvalue weighted by molar-refractivity contribution is -0.185. The van der Waals surface area contributed by atoms with Crippen molar-refractivity contribution in [2.75, 3.05) is 19.8 Å². The highest BCUT2D eigenvalue weighted by Crippen LogP contribution is 2.15. The van der Waals surface area contributed by atoms with Crippen LogP contribution in [0.4, 0.5) is 0 Å². The molecule has 4 heteroatoms. The van der Waals surface area contributed by atoms with Crippen LogP contribution in [0.5, 0.6) is 0 Å². The Morgan fingerprint density at radius 2 is 1.60 bits per heavy atom. The summed E-state index contributed by atoms with van der Waals surface area (Å²) in [6.45, 7) is 10.4. The molecule has 0 unspecified atom stereocenters. The molecule has 0 saturated heterocycles. The van der Waals surface area contributed by atoms with E-state index in [0.29, 0.717) is 13.2 Å². The summed E-state index contributed by atoms with van der Waals surface area (Å²) in [5, 5.41) is 0. The molecule has 4 nitrogen and oxygen atoms in total. The molecule has 15 heavy (non-hydrogen) atoms. The molecular weight excluding hydrogens is 196 g/mol. The average molecular weight is 218 g/mol. The van der Waals surface area contributed by atoms with Crippen molar-refractivity contribution in [3.8, 4) is 0 Å². The van der Waals surface area contributed by atoms with Gasteiger partial charge in [0.05, 0.1) is 5.41 Å². The standard InChI is InChI=1S/C11H22O4/c1-6-13-9(14-7-2)8-15-10(12)11(3,4)5/h9H,6-8H2,1-5H3. The van der Waals surface area contributed by atoms with E-state index in [1.54, 1.807) is 0 Å². The van der Waals surface area contributed by atoms with Crippen LogP contribution in [0.1, 0.15) is 34.6 Å². The number of carbonyl (C=O) groups excluding carboxylic acids is 1. The van der Waals surface area contributed by atoms with E-state index in [0.717, 1.165) is 0 Å². The number of hydrogen-bond acceptors (Lipinski definition) is 4. The van der Waals surface area contributed by atoms with Crippen LogP contribution in [0.2, 0.25) is 0 Å². The highest BCUT2D eigenvalue weighted by molar-refractivity contribution is 5.75. The third-order valence-corrected chi connectivity index (χ3v) is 1.67. The highest BCUT2D eigenvalue weighted by atomic mass is 16.7. The van der Waals surface area contributed by atoms with Gasteiger partial charge in [-0.2, -0.15) is 0 Å². The minimum absolute atomic E-state index is 0.151. The van der Waals surface area contributed by atoms with Gasteiger partial charge in [0.15, 0.2) is 6.29 Å². The van der Waals surface area contributed by atoms with Crippen molar-refractivity contribution in [3.05, 3.63) is 0 Å². The van der Waals surface area contributed by atoms with Crippen LogP contribution in [0.25, 0.3) is 0 Å². The third kappa shape index (κ3) is 6.47. The number of carbonyl (C=O) groups is 1. The Bertz CT molecular complexity index is 178. The van der Waals surface area contributed by atoms with E-state index in [9.17, 15) is 4.79 Å². The van der Waals surface area contributed by atoms with Crippen molar-refractivity contribution in [3.63, 3.8) is 0 Å². The number of hydrogen-bond donors (Lipinski definition) is 0. The van der Waals surface area contributed by atoms with E-state index < -0.39 is 11.7 Å². The second-order valence-electron chi connectivity index (χ2n) is 4.19. The molecule has 0 rings (SSSR count). The Labute approximate surface area is 91.9 Å². The molecule has 90 valence electrons. The number of ether oxygens (including phenoxy) is 3. The smallest absolute Gasteiger partial charge is 0.311 e. The van der Waals surface area contributed by atoms with Crippen LogP contribution in [0.15, 0.2) is 0 Å². The highest BCUT2D eigenvalue weighted by Gasteiger charge is 2.24. The van der Waals surface area contributed by atoms with E-state index in [4.69, 9.17) is 14.2 Å². The second-order valence-corrected chi connectivity index (χ2v) is 4.19. The Balaban J connectivity index is 3.93. The SMILES string of the molecule is CCOC(COC(=O)C(C)(C)C)OCC. The molecule has 0 radical (unpaired) electrons. The van der Waals surface area contributed by atoms with E-state index >= 15 is 0 Å². The molecule has 0 heterocycles. The van der Waals surface area contributed by atoms with Gasteiger partial charge in [-0.05, 0) is 34.6 Å². The second kappa shape index (κ2) is 6.80. The Morgan fingerprint density at radius 1 is 1.13 bits per heavy atom. The van der Waals surface area contributed by atoms with Crippen LogP contribution in [-0.2, 0) is 19.0 Å². The van der Waals surface area contributed by atoms with Crippen LogP contribution in [-0.4, -0.2) is 32.1 Å². The van der Waals surface area contributed by atoms with Gasteiger partial charge in [0.25, 0.3) is 0 Å². The fourth-order valence-corrected chi connectivity index (χ4v) is 0.876. The lowest BCUT2D eigenvalue weighted by Crippen LogP contribution is -2.30. The van der Waals surface area contributed by atoms with Gasteiger partial charge >= 0.3 is 5.97 Å². The molecule has 0 saturated carbocycles. The van der Waals surface area contributed by atoms with Crippen molar-refractivity contribution >= 4 is 5.97 Å². The molecule has 0 aliphatic rings. The summed E-state index contributed by atoms with van der Waals surface area (Å²) in [6, 6.07) is 0. The quantitative estimate of drug-likeness (QED) is 0.505. The summed E-state index contributed by atoms with van der Waals surface area (Å²) in [6.07, 6.45) is -0.453. The zero-order valence-corrected chi connectivity index (χ0v) is 10.3. The molecule has 0 atom stereocenters. The summed E-state index contributed by atoms with van der Waals surface area (Å²) in [4.78, 5) is 11.4. The number of rotatable bonds is 6. The van der Waals surface area contributed by atoms with Crippen LogP contribution >= 0.6 is 0 Å². The summed E-state index contributed by atoms with van der Waals surface area (Å²) in [5.74, 6) is -0.244. The van der Waals surface area contributed by atoms with E-state index in [1.165, 1.54) is 0 Å². The van der Waals surface area contributed by atoms with E-state index in [2.05, 4.69) is 0 Å². The Hall–Kier alpha value is -0.610. The summed E-state index contributed by atoms with van der Waals surface area (Å²) in [7, 11) is 0. The molecule has 0 spiro atoms. The number of esters is 1. The first-order valence-corrected chi connectivity index (χ1v) is 5.32. The van der Waals surface area contributed by atoms with Gasteiger partial charge in [0, 0.05) is 13.2 Å². The topological polar surface area (TPSA) is 44.8 Å². The van der Waals surface area contributed by atoms with Gasteiger partial charge in [-0.25, -0.2) is 0 Å². The fraction of sp³-hybridized carbons (Fsp3) is 0.909.